The molecular formula is C14H19BrFNO. The third-order valence-electron chi connectivity index (χ3n) is 3.41. The predicted molar refractivity (Wildman–Crippen MR) is 73.9 cm³/mol. The summed E-state index contributed by atoms with van der Waals surface area (Å²) in [6.07, 6.45) is 1.23. The molecule has 18 heavy (non-hydrogen) atoms. The molecule has 1 unspecified atom stereocenters. The van der Waals surface area contributed by atoms with Crippen molar-refractivity contribution in [1.82, 2.24) is 5.32 Å². The summed E-state index contributed by atoms with van der Waals surface area (Å²) < 4.78 is 20.0. The second-order valence-corrected chi connectivity index (χ2v) is 6.45. The molecule has 1 saturated heterocycles. The number of nitrogens with one attached hydrogen (secondary N) is 1. The summed E-state index contributed by atoms with van der Waals surface area (Å²) in [6.45, 7) is 6.81. The summed E-state index contributed by atoms with van der Waals surface area (Å²) in [5.74, 6) is -0.229. The fourth-order valence-electron chi connectivity index (χ4n) is 2.35. The van der Waals surface area contributed by atoms with Crippen molar-refractivity contribution >= 4 is 15.9 Å². The molecular weight excluding hydrogens is 297 g/mol. The maximum Gasteiger partial charge on any atom is 0.124 e. The lowest BCUT2D eigenvalue weighted by atomic mass is 9.82. The van der Waals surface area contributed by atoms with Gasteiger partial charge in [-0.05, 0) is 36.7 Å². The van der Waals surface area contributed by atoms with Gasteiger partial charge in [-0.25, -0.2) is 4.39 Å². The first-order valence-corrected chi connectivity index (χ1v) is 7.04. The van der Waals surface area contributed by atoms with Crippen molar-refractivity contribution in [2.24, 2.45) is 5.41 Å². The van der Waals surface area contributed by atoms with Crippen LogP contribution in [-0.4, -0.2) is 19.2 Å². The van der Waals surface area contributed by atoms with E-state index in [0.717, 1.165) is 29.5 Å². The second kappa shape index (κ2) is 5.68. The van der Waals surface area contributed by atoms with E-state index in [-0.39, 0.29) is 17.3 Å². The van der Waals surface area contributed by atoms with Gasteiger partial charge in [0.15, 0.2) is 0 Å². The molecule has 0 radical (unpaired) electrons. The zero-order valence-electron chi connectivity index (χ0n) is 10.8. The average Bonchev–Trinajstić information content (AvgIpc) is 2.25. The summed E-state index contributed by atoms with van der Waals surface area (Å²) in [7, 11) is 0. The zero-order valence-corrected chi connectivity index (χ0v) is 12.4. The highest BCUT2D eigenvalue weighted by atomic mass is 79.9. The Morgan fingerprint density at radius 2 is 2.22 bits per heavy atom. The summed E-state index contributed by atoms with van der Waals surface area (Å²) in [4.78, 5) is 0. The van der Waals surface area contributed by atoms with Crippen molar-refractivity contribution in [3.8, 4) is 0 Å². The van der Waals surface area contributed by atoms with Gasteiger partial charge in [0.1, 0.15) is 5.82 Å². The normalized spacial score (nSPS) is 23.0. The molecule has 2 rings (SSSR count). The summed E-state index contributed by atoms with van der Waals surface area (Å²) in [5.41, 5.74) is 0.999. The van der Waals surface area contributed by atoms with Gasteiger partial charge in [-0.1, -0.05) is 29.8 Å². The quantitative estimate of drug-likeness (QED) is 0.922. The number of ether oxygens (including phenoxy) is 1. The highest BCUT2D eigenvalue weighted by molar-refractivity contribution is 9.10. The lowest BCUT2D eigenvalue weighted by Crippen LogP contribution is -2.47. The monoisotopic (exact) mass is 315 g/mol. The Labute approximate surface area is 116 Å². The predicted octanol–water partition coefficient (Wildman–Crippen LogP) is 3.49. The van der Waals surface area contributed by atoms with Gasteiger partial charge in [-0.15, -0.1) is 0 Å². The molecule has 0 saturated carbocycles. The summed E-state index contributed by atoms with van der Waals surface area (Å²) in [5, 5.41) is 3.37. The highest BCUT2D eigenvalue weighted by Crippen LogP contribution is 2.29. The molecule has 2 nitrogen and oxygen atoms in total. The minimum absolute atomic E-state index is 0.128. The van der Waals surface area contributed by atoms with Crippen molar-refractivity contribution in [2.75, 3.05) is 13.1 Å². The van der Waals surface area contributed by atoms with Crippen molar-refractivity contribution < 1.29 is 9.13 Å². The van der Waals surface area contributed by atoms with Gasteiger partial charge in [-0.2, -0.15) is 0 Å². The molecule has 0 amide bonds. The van der Waals surface area contributed by atoms with Gasteiger partial charge in [0, 0.05) is 16.4 Å². The third kappa shape index (κ3) is 3.53. The second-order valence-electron chi connectivity index (χ2n) is 5.53. The van der Waals surface area contributed by atoms with Crippen LogP contribution in [0.4, 0.5) is 4.39 Å². The minimum Gasteiger partial charge on any atom is -0.373 e. The summed E-state index contributed by atoms with van der Waals surface area (Å²) >= 11 is 3.30. The van der Waals surface area contributed by atoms with E-state index < -0.39 is 0 Å². The molecule has 0 spiro atoms. The highest BCUT2D eigenvalue weighted by Gasteiger charge is 2.32. The first-order chi connectivity index (χ1) is 8.47. The topological polar surface area (TPSA) is 21.3 Å². The van der Waals surface area contributed by atoms with Crippen LogP contribution in [0.3, 0.4) is 0 Å². The number of benzene rings is 1. The van der Waals surface area contributed by atoms with Gasteiger partial charge in [0.2, 0.25) is 0 Å². The van der Waals surface area contributed by atoms with Gasteiger partial charge < -0.3 is 10.1 Å². The maximum absolute atomic E-state index is 13.3. The largest absolute Gasteiger partial charge is 0.373 e. The van der Waals surface area contributed by atoms with Crippen LogP contribution in [-0.2, 0) is 11.3 Å². The molecule has 4 heteroatoms. The van der Waals surface area contributed by atoms with E-state index in [1.807, 2.05) is 6.07 Å². The van der Waals surface area contributed by atoms with Crippen LogP contribution < -0.4 is 5.32 Å². The smallest absolute Gasteiger partial charge is 0.124 e. The number of halogens is 2. The fourth-order valence-corrected chi connectivity index (χ4v) is 2.86. The summed E-state index contributed by atoms with van der Waals surface area (Å²) in [6, 6.07) is 4.88. The molecule has 1 fully saturated rings. The molecule has 0 bridgehead atoms. The van der Waals surface area contributed by atoms with Crippen molar-refractivity contribution in [3.63, 3.8) is 0 Å². The molecule has 0 aliphatic carbocycles. The Morgan fingerprint density at radius 1 is 1.44 bits per heavy atom. The van der Waals surface area contributed by atoms with Gasteiger partial charge in [0.05, 0.1) is 12.7 Å². The number of hydrogen-bond donors (Lipinski definition) is 1. The van der Waals surface area contributed by atoms with E-state index in [9.17, 15) is 4.39 Å². The first kappa shape index (κ1) is 14.0. The van der Waals surface area contributed by atoms with Gasteiger partial charge in [0.25, 0.3) is 0 Å². The Bertz CT molecular complexity index is 402. The van der Waals surface area contributed by atoms with Crippen LogP contribution in [0.1, 0.15) is 25.8 Å². The van der Waals surface area contributed by atoms with Crippen LogP contribution in [0.2, 0.25) is 0 Å². The molecule has 1 aliphatic heterocycles. The molecule has 1 aliphatic rings. The van der Waals surface area contributed by atoms with Crippen molar-refractivity contribution in [3.05, 3.63) is 34.1 Å². The van der Waals surface area contributed by atoms with Crippen LogP contribution in [0.15, 0.2) is 22.7 Å². The SMILES string of the molecule is CC1(C)CNCCC1OCc1cc(F)cc(Br)c1. The van der Waals surface area contributed by atoms with Crippen molar-refractivity contribution in [1.29, 1.82) is 0 Å². The van der Waals surface area contributed by atoms with Crippen molar-refractivity contribution in [2.45, 2.75) is 33.0 Å². The molecule has 1 atom stereocenters. The van der Waals surface area contributed by atoms with Crippen LogP contribution in [0, 0.1) is 11.2 Å². The zero-order chi connectivity index (χ0) is 13.2. The Hall–Kier alpha value is -0.450. The molecule has 1 aromatic carbocycles. The average molecular weight is 316 g/mol. The van der Waals surface area contributed by atoms with Crippen LogP contribution >= 0.6 is 15.9 Å². The number of hydrogen-bond acceptors (Lipinski definition) is 2. The van der Waals surface area contributed by atoms with Gasteiger partial charge >= 0.3 is 0 Å². The van der Waals surface area contributed by atoms with Crippen LogP contribution in [0.5, 0.6) is 0 Å². The first-order valence-electron chi connectivity index (χ1n) is 6.25. The number of rotatable bonds is 3. The van der Waals surface area contributed by atoms with Crippen LogP contribution in [0.25, 0.3) is 0 Å². The van der Waals surface area contributed by atoms with E-state index in [1.54, 1.807) is 0 Å². The fraction of sp³-hybridized carbons (Fsp3) is 0.571. The van der Waals surface area contributed by atoms with E-state index in [0.29, 0.717) is 6.61 Å². The van der Waals surface area contributed by atoms with E-state index in [1.165, 1.54) is 12.1 Å². The maximum atomic E-state index is 13.3. The Morgan fingerprint density at radius 3 is 2.89 bits per heavy atom. The standard InChI is InChI=1S/C14H19BrFNO/c1-14(2)9-17-4-3-13(14)18-8-10-5-11(15)7-12(16)6-10/h5-7,13,17H,3-4,8-9H2,1-2H3. The van der Waals surface area contributed by atoms with E-state index >= 15 is 0 Å². The Kier molecular flexibility index (Phi) is 4.41. The molecule has 1 N–H and O–H groups in total. The van der Waals surface area contributed by atoms with Gasteiger partial charge in [-0.3, -0.25) is 0 Å². The number of piperidine rings is 1. The molecule has 0 aromatic heterocycles. The molecule has 1 heterocycles. The third-order valence-corrected chi connectivity index (χ3v) is 3.87. The lowest BCUT2D eigenvalue weighted by Gasteiger charge is -2.38. The van der Waals surface area contributed by atoms with E-state index in [2.05, 4.69) is 35.1 Å². The Balaban J connectivity index is 1.98. The molecule has 100 valence electrons. The minimum atomic E-state index is -0.229. The molecule has 1 aromatic rings. The van der Waals surface area contributed by atoms with E-state index in [4.69, 9.17) is 4.74 Å². The lowest BCUT2D eigenvalue weighted by molar-refractivity contribution is -0.0520.